The number of H-pyrrole nitrogens is 1. The van der Waals surface area contributed by atoms with Crippen molar-refractivity contribution in [2.75, 3.05) is 11.3 Å². The Morgan fingerprint density at radius 3 is 2.90 bits per heavy atom. The van der Waals surface area contributed by atoms with Gasteiger partial charge in [0, 0.05) is 12.0 Å². The van der Waals surface area contributed by atoms with Gasteiger partial charge in [0.15, 0.2) is 5.03 Å². The maximum atomic E-state index is 12.2. The molecule has 110 valence electrons. The molecule has 0 bridgehead atoms. The third-order valence-electron chi connectivity index (χ3n) is 2.64. The van der Waals surface area contributed by atoms with Gasteiger partial charge in [0.1, 0.15) is 0 Å². The number of aromatic nitrogens is 2. The number of anilines is 1. The van der Waals surface area contributed by atoms with Crippen molar-refractivity contribution >= 4 is 15.7 Å². The van der Waals surface area contributed by atoms with E-state index in [1.165, 1.54) is 12.5 Å². The Bertz CT molecular complexity index is 772. The monoisotopic (exact) mass is 305 g/mol. The van der Waals surface area contributed by atoms with E-state index in [0.29, 0.717) is 17.7 Å². The molecule has 0 spiro atoms. The summed E-state index contributed by atoms with van der Waals surface area (Å²) in [6.45, 7) is 1.86. The molecule has 1 aromatic carbocycles. The van der Waals surface area contributed by atoms with E-state index in [2.05, 4.69) is 26.5 Å². The fourth-order valence-electron chi connectivity index (χ4n) is 1.65. The van der Waals surface area contributed by atoms with Crippen molar-refractivity contribution in [1.29, 1.82) is 0 Å². The van der Waals surface area contributed by atoms with Gasteiger partial charge in [-0.25, -0.2) is 4.98 Å². The minimum Gasteiger partial charge on any atom is -0.395 e. The summed E-state index contributed by atoms with van der Waals surface area (Å²) in [7, 11) is -3.72. The van der Waals surface area contributed by atoms with Crippen LogP contribution >= 0.6 is 0 Å². The van der Waals surface area contributed by atoms with Gasteiger partial charge in [0.2, 0.25) is 0 Å². The number of aliphatic hydroxyl groups is 1. The second-order valence-corrected chi connectivity index (χ2v) is 6.00. The number of imidazole rings is 1. The van der Waals surface area contributed by atoms with E-state index in [1.54, 1.807) is 18.2 Å². The number of nitrogens with one attached hydrogen (secondary N) is 2. The third-order valence-corrected chi connectivity index (χ3v) is 3.93. The molecule has 1 aromatic heterocycles. The molecule has 21 heavy (non-hydrogen) atoms. The number of benzene rings is 1. The van der Waals surface area contributed by atoms with Crippen molar-refractivity contribution in [3.05, 3.63) is 41.9 Å². The van der Waals surface area contributed by atoms with E-state index >= 15 is 0 Å². The lowest BCUT2D eigenvalue weighted by Gasteiger charge is -2.09. The van der Waals surface area contributed by atoms with Crippen LogP contribution in [-0.2, 0) is 10.0 Å². The van der Waals surface area contributed by atoms with E-state index < -0.39 is 10.0 Å². The van der Waals surface area contributed by atoms with E-state index in [-0.39, 0.29) is 11.6 Å². The highest BCUT2D eigenvalue weighted by Crippen LogP contribution is 2.20. The molecule has 2 aromatic rings. The normalized spacial score (nSPS) is 10.8. The van der Waals surface area contributed by atoms with Crippen LogP contribution in [0.25, 0.3) is 0 Å². The van der Waals surface area contributed by atoms with E-state index in [9.17, 15) is 8.42 Å². The average molecular weight is 305 g/mol. The van der Waals surface area contributed by atoms with Crippen LogP contribution in [0, 0.1) is 18.8 Å². The molecule has 0 radical (unpaired) electrons. The Morgan fingerprint density at radius 2 is 2.24 bits per heavy atom. The summed E-state index contributed by atoms with van der Waals surface area (Å²) in [4.78, 5) is 6.25. The molecule has 7 heteroatoms. The molecular formula is C14H15N3O3S. The molecular weight excluding hydrogens is 290 g/mol. The number of sulfonamides is 1. The van der Waals surface area contributed by atoms with Crippen molar-refractivity contribution in [2.24, 2.45) is 0 Å². The van der Waals surface area contributed by atoms with Gasteiger partial charge in [-0.1, -0.05) is 17.9 Å². The fourth-order valence-corrected chi connectivity index (χ4v) is 2.64. The summed E-state index contributed by atoms with van der Waals surface area (Å²) in [6, 6.07) is 5.24. The number of rotatable bonds is 4. The molecule has 0 amide bonds. The minimum absolute atomic E-state index is 0.0163. The van der Waals surface area contributed by atoms with Crippen molar-refractivity contribution in [3.8, 4) is 11.8 Å². The molecule has 3 N–H and O–H groups in total. The average Bonchev–Trinajstić information content (AvgIpc) is 2.97. The predicted octanol–water partition coefficient (Wildman–Crippen LogP) is 1.25. The van der Waals surface area contributed by atoms with Gasteiger partial charge < -0.3 is 10.1 Å². The lowest BCUT2D eigenvalue weighted by Crippen LogP contribution is -2.14. The fraction of sp³-hybridized carbons (Fsp3) is 0.214. The highest BCUT2D eigenvalue weighted by molar-refractivity contribution is 7.92. The van der Waals surface area contributed by atoms with Crippen LogP contribution in [-0.4, -0.2) is 30.1 Å². The zero-order valence-electron chi connectivity index (χ0n) is 11.4. The first-order valence-electron chi connectivity index (χ1n) is 6.24. The maximum Gasteiger partial charge on any atom is 0.279 e. The number of nitrogens with zero attached hydrogens (tertiary/aromatic N) is 1. The predicted molar refractivity (Wildman–Crippen MR) is 79.2 cm³/mol. The highest BCUT2D eigenvalue weighted by atomic mass is 32.2. The molecule has 0 unspecified atom stereocenters. The Balaban J connectivity index is 2.34. The van der Waals surface area contributed by atoms with Crippen molar-refractivity contribution in [1.82, 2.24) is 9.97 Å². The van der Waals surface area contributed by atoms with Gasteiger partial charge in [-0.2, -0.15) is 8.42 Å². The first-order chi connectivity index (χ1) is 10.0. The number of aryl methyl sites for hydroxylation is 1. The van der Waals surface area contributed by atoms with Crippen molar-refractivity contribution in [2.45, 2.75) is 18.4 Å². The Morgan fingerprint density at radius 1 is 1.43 bits per heavy atom. The smallest absolute Gasteiger partial charge is 0.279 e. The van der Waals surface area contributed by atoms with Crippen LogP contribution in [0.1, 0.15) is 17.5 Å². The highest BCUT2D eigenvalue weighted by Gasteiger charge is 2.16. The van der Waals surface area contributed by atoms with Gasteiger partial charge in [-0.05, 0) is 24.6 Å². The van der Waals surface area contributed by atoms with Crippen LogP contribution in [0.4, 0.5) is 5.69 Å². The summed E-state index contributed by atoms with van der Waals surface area (Å²) in [5, 5.41) is 8.74. The second-order valence-electron chi connectivity index (χ2n) is 4.35. The van der Waals surface area contributed by atoms with Gasteiger partial charge in [0.05, 0.1) is 24.8 Å². The number of aromatic amines is 1. The van der Waals surface area contributed by atoms with E-state index in [1.807, 2.05) is 6.92 Å². The maximum absolute atomic E-state index is 12.2. The summed E-state index contributed by atoms with van der Waals surface area (Å²) >= 11 is 0. The number of hydrogen-bond acceptors (Lipinski definition) is 4. The minimum atomic E-state index is -3.72. The zero-order valence-corrected chi connectivity index (χ0v) is 12.2. The molecule has 0 atom stereocenters. The first-order valence-corrected chi connectivity index (χ1v) is 7.73. The van der Waals surface area contributed by atoms with Crippen molar-refractivity contribution in [3.63, 3.8) is 0 Å². The van der Waals surface area contributed by atoms with Gasteiger partial charge in [-0.3, -0.25) is 4.72 Å². The van der Waals surface area contributed by atoms with Crippen LogP contribution < -0.4 is 4.72 Å². The molecule has 0 fully saturated rings. The van der Waals surface area contributed by atoms with Crippen LogP contribution in [0.5, 0.6) is 0 Å². The molecule has 2 rings (SSSR count). The molecule has 0 aliphatic carbocycles. The van der Waals surface area contributed by atoms with Crippen LogP contribution in [0.2, 0.25) is 0 Å². The second kappa shape index (κ2) is 6.43. The molecule has 0 saturated heterocycles. The van der Waals surface area contributed by atoms with E-state index in [4.69, 9.17) is 5.11 Å². The first kappa shape index (κ1) is 15.1. The van der Waals surface area contributed by atoms with Gasteiger partial charge in [0.25, 0.3) is 10.0 Å². The summed E-state index contributed by atoms with van der Waals surface area (Å²) in [5.41, 5.74) is 1.92. The summed E-state index contributed by atoms with van der Waals surface area (Å²) in [6.07, 6.45) is 2.86. The van der Waals surface area contributed by atoms with E-state index in [0.717, 1.165) is 5.56 Å². The Labute approximate surface area is 123 Å². The topological polar surface area (TPSA) is 95.1 Å². The third kappa shape index (κ3) is 3.84. The Kier molecular flexibility index (Phi) is 4.62. The number of aliphatic hydroxyl groups excluding tert-OH is 1. The SMILES string of the molecule is Cc1ccc(NS(=O)(=O)c2cnc[nH]2)c(C#CCCO)c1. The molecule has 0 saturated carbocycles. The van der Waals surface area contributed by atoms with Gasteiger partial charge in [-0.15, -0.1) is 0 Å². The largest absolute Gasteiger partial charge is 0.395 e. The quantitative estimate of drug-likeness (QED) is 0.741. The van der Waals surface area contributed by atoms with Crippen molar-refractivity contribution < 1.29 is 13.5 Å². The molecule has 1 heterocycles. The molecule has 6 nitrogen and oxygen atoms in total. The lowest BCUT2D eigenvalue weighted by atomic mass is 10.1. The molecule has 0 aliphatic rings. The van der Waals surface area contributed by atoms with Crippen LogP contribution in [0.15, 0.2) is 35.7 Å². The molecule has 0 aliphatic heterocycles. The van der Waals surface area contributed by atoms with Gasteiger partial charge >= 0.3 is 0 Å². The number of hydrogen-bond donors (Lipinski definition) is 3. The summed E-state index contributed by atoms with van der Waals surface area (Å²) in [5.74, 6) is 5.64. The standard InChI is InChI=1S/C14H15N3O3S/c1-11-5-6-13(12(8-11)4-2-3-7-18)17-21(19,20)14-9-15-10-16-14/h5-6,8-10,17-18H,3,7H2,1H3,(H,15,16). The van der Waals surface area contributed by atoms with Crippen LogP contribution in [0.3, 0.4) is 0 Å². The zero-order chi connectivity index (χ0) is 15.3. The summed E-state index contributed by atoms with van der Waals surface area (Å²) < 4.78 is 26.8. The Hall–Kier alpha value is -2.30. The lowest BCUT2D eigenvalue weighted by molar-refractivity contribution is 0.305.